The minimum atomic E-state index is 0.409. The van der Waals surface area contributed by atoms with E-state index in [1.807, 2.05) is 6.92 Å². The van der Waals surface area contributed by atoms with Gasteiger partial charge in [0, 0.05) is 12.4 Å². The molecule has 0 aromatic carbocycles. The molecule has 0 aromatic rings. The summed E-state index contributed by atoms with van der Waals surface area (Å²) in [6.07, 6.45) is 0.947. The average molecular weight is 149 g/mol. The smallest absolute Gasteiger partial charge is 0.146 e. The normalized spacial score (nSPS) is 10.0. The van der Waals surface area contributed by atoms with E-state index in [-0.39, 0.29) is 0 Å². The van der Waals surface area contributed by atoms with Crippen LogP contribution in [-0.4, -0.2) is 25.8 Å². The summed E-state index contributed by atoms with van der Waals surface area (Å²) in [4.78, 5) is 0. The van der Waals surface area contributed by atoms with Gasteiger partial charge in [-0.1, -0.05) is 12.6 Å². The molecular weight excluding hydrogens is 136 g/mol. The summed E-state index contributed by atoms with van der Waals surface area (Å²) in [5.74, 6) is 0.770. The van der Waals surface area contributed by atoms with Crippen molar-refractivity contribution in [1.82, 2.24) is 0 Å². The van der Waals surface area contributed by atoms with Crippen LogP contribution in [0, 0.1) is 0 Å². The summed E-state index contributed by atoms with van der Waals surface area (Å²) < 4.78 is 9.95. The van der Waals surface area contributed by atoms with Crippen LogP contribution in [0.2, 0.25) is 0 Å². The van der Waals surface area contributed by atoms with Crippen LogP contribution in [-0.2, 0) is 9.47 Å². The highest BCUT2D eigenvalue weighted by Gasteiger charge is 1.84. The van der Waals surface area contributed by atoms with E-state index in [2.05, 4.69) is 0 Å². The Hall–Kier alpha value is 0.270. The van der Waals surface area contributed by atoms with E-state index in [1.165, 1.54) is 0 Å². The van der Waals surface area contributed by atoms with Gasteiger partial charge in [-0.2, -0.15) is 0 Å². The van der Waals surface area contributed by atoms with Crippen molar-refractivity contribution in [2.45, 2.75) is 13.3 Å². The molecule has 0 bridgehead atoms. The standard InChI is InChI=1S/C6H13O2S/c1-2-7-6-8-4-3-5-9/h2-6H2,1H3. The second-order valence-corrected chi connectivity index (χ2v) is 1.98. The molecule has 0 N–H and O–H groups in total. The van der Waals surface area contributed by atoms with Gasteiger partial charge >= 0.3 is 0 Å². The van der Waals surface area contributed by atoms with Crippen molar-refractivity contribution in [2.75, 3.05) is 25.8 Å². The maximum absolute atomic E-state index is 5.03. The first-order chi connectivity index (χ1) is 4.41. The maximum atomic E-state index is 5.03. The fourth-order valence-electron chi connectivity index (χ4n) is 0.362. The Balaban J connectivity index is 2.60. The van der Waals surface area contributed by atoms with Gasteiger partial charge in [-0.3, -0.25) is 0 Å². The molecule has 0 atom stereocenters. The molecule has 9 heavy (non-hydrogen) atoms. The van der Waals surface area contributed by atoms with Gasteiger partial charge in [0.1, 0.15) is 6.79 Å². The predicted molar refractivity (Wildman–Crippen MR) is 39.5 cm³/mol. The van der Waals surface area contributed by atoms with E-state index in [1.54, 1.807) is 0 Å². The first kappa shape index (κ1) is 9.27. The van der Waals surface area contributed by atoms with Gasteiger partial charge in [0.05, 0.1) is 6.61 Å². The molecule has 2 nitrogen and oxygen atoms in total. The number of hydrogen-bond acceptors (Lipinski definition) is 2. The monoisotopic (exact) mass is 149 g/mol. The van der Waals surface area contributed by atoms with Crippen LogP contribution in [0.25, 0.3) is 0 Å². The Labute approximate surface area is 61.9 Å². The van der Waals surface area contributed by atoms with Crippen LogP contribution < -0.4 is 0 Å². The van der Waals surface area contributed by atoms with E-state index < -0.39 is 0 Å². The van der Waals surface area contributed by atoms with Gasteiger partial charge in [-0.25, -0.2) is 0 Å². The zero-order valence-corrected chi connectivity index (χ0v) is 6.58. The highest BCUT2D eigenvalue weighted by Crippen LogP contribution is 1.85. The van der Waals surface area contributed by atoms with Crippen molar-refractivity contribution in [3.8, 4) is 0 Å². The summed E-state index contributed by atoms with van der Waals surface area (Å²) in [5.41, 5.74) is 0. The molecule has 0 aliphatic heterocycles. The number of hydrogen-bond donors (Lipinski definition) is 0. The lowest BCUT2D eigenvalue weighted by Gasteiger charge is -2.00. The molecular formula is C6H13O2S. The summed E-state index contributed by atoms with van der Waals surface area (Å²) in [6, 6.07) is 0. The molecule has 3 heteroatoms. The third-order valence-corrected chi connectivity index (χ3v) is 1.09. The SMILES string of the molecule is CCOCOCCC[S]. The highest BCUT2D eigenvalue weighted by molar-refractivity contribution is 7.80. The summed E-state index contributed by atoms with van der Waals surface area (Å²) in [6.45, 7) is 3.79. The van der Waals surface area contributed by atoms with E-state index in [0.29, 0.717) is 13.4 Å². The third kappa shape index (κ3) is 8.27. The van der Waals surface area contributed by atoms with Gasteiger partial charge in [0.2, 0.25) is 0 Å². The van der Waals surface area contributed by atoms with Gasteiger partial charge in [-0.15, -0.1) is 0 Å². The molecule has 0 rings (SSSR count). The van der Waals surface area contributed by atoms with Gasteiger partial charge in [0.15, 0.2) is 0 Å². The van der Waals surface area contributed by atoms with Gasteiger partial charge < -0.3 is 9.47 Å². The van der Waals surface area contributed by atoms with Crippen molar-refractivity contribution in [2.24, 2.45) is 0 Å². The molecule has 0 unspecified atom stereocenters. The van der Waals surface area contributed by atoms with Crippen LogP contribution >= 0.6 is 12.6 Å². The van der Waals surface area contributed by atoms with E-state index in [0.717, 1.165) is 18.8 Å². The topological polar surface area (TPSA) is 18.5 Å². The van der Waals surface area contributed by atoms with Crippen molar-refractivity contribution in [3.05, 3.63) is 0 Å². The molecule has 0 aliphatic rings. The molecule has 0 fully saturated rings. The Morgan fingerprint density at radius 3 is 2.67 bits per heavy atom. The second-order valence-electron chi connectivity index (χ2n) is 1.58. The summed E-state index contributed by atoms with van der Waals surface area (Å²) in [7, 11) is 0. The molecule has 0 saturated carbocycles. The van der Waals surface area contributed by atoms with Gasteiger partial charge in [0.25, 0.3) is 0 Å². The predicted octanol–water partition coefficient (Wildman–Crippen LogP) is 1.58. The van der Waals surface area contributed by atoms with Crippen molar-refractivity contribution in [3.63, 3.8) is 0 Å². The molecule has 0 heterocycles. The van der Waals surface area contributed by atoms with E-state index in [4.69, 9.17) is 22.1 Å². The lowest BCUT2D eigenvalue weighted by Crippen LogP contribution is -2.01. The Morgan fingerprint density at radius 1 is 1.33 bits per heavy atom. The fourth-order valence-corrected chi connectivity index (χ4v) is 0.480. The van der Waals surface area contributed by atoms with Gasteiger partial charge in [-0.05, 0) is 13.3 Å². The fraction of sp³-hybridized carbons (Fsp3) is 1.00. The number of rotatable bonds is 6. The minimum Gasteiger partial charge on any atom is -0.356 e. The van der Waals surface area contributed by atoms with Crippen molar-refractivity contribution < 1.29 is 9.47 Å². The number of ether oxygens (including phenoxy) is 2. The molecule has 0 aliphatic carbocycles. The molecule has 0 amide bonds. The first-order valence-electron chi connectivity index (χ1n) is 3.15. The molecule has 0 aromatic heterocycles. The zero-order chi connectivity index (χ0) is 6.95. The van der Waals surface area contributed by atoms with Crippen LogP contribution in [0.3, 0.4) is 0 Å². The average Bonchev–Trinajstić information content (AvgIpc) is 1.89. The Bertz CT molecular complexity index is 44.3. The third-order valence-electron chi connectivity index (χ3n) is 0.804. The lowest BCUT2D eigenvalue weighted by molar-refractivity contribution is -0.0486. The Morgan fingerprint density at radius 2 is 2.11 bits per heavy atom. The summed E-state index contributed by atoms with van der Waals surface area (Å²) in [5, 5.41) is 0. The van der Waals surface area contributed by atoms with Crippen LogP contribution in [0.15, 0.2) is 0 Å². The molecule has 0 spiro atoms. The Kier molecular flexibility index (Phi) is 8.52. The van der Waals surface area contributed by atoms with E-state index >= 15 is 0 Å². The van der Waals surface area contributed by atoms with Crippen LogP contribution in [0.1, 0.15) is 13.3 Å². The molecule has 55 valence electrons. The highest BCUT2D eigenvalue weighted by atomic mass is 32.1. The van der Waals surface area contributed by atoms with Crippen LogP contribution in [0.4, 0.5) is 0 Å². The molecule has 0 saturated heterocycles. The second kappa shape index (κ2) is 8.27. The lowest BCUT2D eigenvalue weighted by atomic mass is 10.5. The first-order valence-corrected chi connectivity index (χ1v) is 3.73. The van der Waals surface area contributed by atoms with Crippen LogP contribution in [0.5, 0.6) is 0 Å². The zero-order valence-electron chi connectivity index (χ0n) is 5.76. The summed E-state index contributed by atoms with van der Waals surface area (Å²) >= 11 is 4.71. The maximum Gasteiger partial charge on any atom is 0.146 e. The minimum absolute atomic E-state index is 0.409. The van der Waals surface area contributed by atoms with Crippen molar-refractivity contribution in [1.29, 1.82) is 0 Å². The largest absolute Gasteiger partial charge is 0.356 e. The van der Waals surface area contributed by atoms with Crippen molar-refractivity contribution >= 4 is 12.6 Å². The molecule has 1 radical (unpaired) electrons. The van der Waals surface area contributed by atoms with E-state index in [9.17, 15) is 0 Å². The quantitative estimate of drug-likeness (QED) is 0.421.